The summed E-state index contributed by atoms with van der Waals surface area (Å²) in [6.45, 7) is 0. The lowest BCUT2D eigenvalue weighted by Gasteiger charge is -1.96. The molecule has 0 aliphatic rings. The van der Waals surface area contributed by atoms with Crippen LogP contribution in [0.3, 0.4) is 0 Å². The van der Waals surface area contributed by atoms with Crippen LogP contribution in [-0.2, 0) is 0 Å². The summed E-state index contributed by atoms with van der Waals surface area (Å²) in [7, 11) is 0. The van der Waals surface area contributed by atoms with E-state index in [2.05, 4.69) is 16.0 Å². The van der Waals surface area contributed by atoms with Crippen molar-refractivity contribution >= 4 is 23.0 Å². The number of hydrogen-bond acceptors (Lipinski definition) is 4. The molecule has 0 saturated carbocycles. The number of nitriles is 1. The Bertz CT molecular complexity index is 799. The Kier molecular flexibility index (Phi) is 3.85. The molecule has 0 fully saturated rings. The quantitative estimate of drug-likeness (QED) is 0.676. The maximum atomic E-state index is 9.29. The van der Waals surface area contributed by atoms with E-state index in [-0.39, 0.29) is 0 Å². The Morgan fingerprint density at radius 2 is 1.86 bits per heavy atom. The molecule has 100 valence electrons. The van der Waals surface area contributed by atoms with Crippen molar-refractivity contribution in [3.05, 3.63) is 71.5 Å². The Morgan fingerprint density at radius 1 is 1.05 bits per heavy atom. The van der Waals surface area contributed by atoms with Crippen LogP contribution in [0, 0.1) is 11.3 Å². The molecule has 0 spiro atoms. The van der Waals surface area contributed by atoms with Crippen molar-refractivity contribution in [2.75, 3.05) is 0 Å². The zero-order chi connectivity index (χ0) is 14.5. The molecule has 2 heterocycles. The van der Waals surface area contributed by atoms with E-state index in [0.29, 0.717) is 11.3 Å². The number of rotatable bonds is 3. The largest absolute Gasteiger partial charge is 0.256 e. The van der Waals surface area contributed by atoms with Gasteiger partial charge in [0.1, 0.15) is 11.1 Å². The molecule has 3 aromatic rings. The zero-order valence-corrected chi connectivity index (χ0v) is 11.9. The standard InChI is InChI=1S/C17H11N3S/c18-11-14(16-8-4-5-9-19-16)10-15-12-20-17(21-15)13-6-2-1-3-7-13/h1-10,12H/b14-10+. The van der Waals surface area contributed by atoms with Crippen molar-refractivity contribution < 1.29 is 0 Å². The summed E-state index contributed by atoms with van der Waals surface area (Å²) in [5.74, 6) is 0. The monoisotopic (exact) mass is 289 g/mol. The second-order valence-corrected chi connectivity index (χ2v) is 5.38. The van der Waals surface area contributed by atoms with Crippen LogP contribution < -0.4 is 0 Å². The van der Waals surface area contributed by atoms with Crippen LogP contribution in [-0.4, -0.2) is 9.97 Å². The molecule has 1 aromatic carbocycles. The topological polar surface area (TPSA) is 49.6 Å². The van der Waals surface area contributed by atoms with Crippen LogP contribution in [0.15, 0.2) is 60.9 Å². The Hall–Kier alpha value is -2.77. The van der Waals surface area contributed by atoms with E-state index < -0.39 is 0 Å². The van der Waals surface area contributed by atoms with Crippen molar-refractivity contribution in [3.8, 4) is 16.6 Å². The zero-order valence-electron chi connectivity index (χ0n) is 11.1. The highest BCUT2D eigenvalue weighted by molar-refractivity contribution is 7.15. The van der Waals surface area contributed by atoms with E-state index in [1.54, 1.807) is 23.7 Å². The normalized spacial score (nSPS) is 11.1. The van der Waals surface area contributed by atoms with Gasteiger partial charge in [0.15, 0.2) is 0 Å². The van der Waals surface area contributed by atoms with Crippen LogP contribution in [0.1, 0.15) is 10.6 Å². The number of allylic oxidation sites excluding steroid dienone is 1. The molecule has 4 heteroatoms. The first-order valence-corrected chi connectivity index (χ1v) is 7.23. The van der Waals surface area contributed by atoms with Gasteiger partial charge in [0, 0.05) is 22.8 Å². The number of aromatic nitrogens is 2. The van der Waals surface area contributed by atoms with Gasteiger partial charge >= 0.3 is 0 Å². The van der Waals surface area contributed by atoms with Crippen LogP contribution in [0.25, 0.3) is 22.2 Å². The maximum Gasteiger partial charge on any atom is 0.123 e. The fourth-order valence-electron chi connectivity index (χ4n) is 1.90. The predicted molar refractivity (Wildman–Crippen MR) is 85.3 cm³/mol. The smallest absolute Gasteiger partial charge is 0.123 e. The van der Waals surface area contributed by atoms with Gasteiger partial charge < -0.3 is 0 Å². The van der Waals surface area contributed by atoms with Gasteiger partial charge in [-0.2, -0.15) is 5.26 Å². The number of hydrogen-bond donors (Lipinski definition) is 0. The lowest BCUT2D eigenvalue weighted by molar-refractivity contribution is 1.28. The lowest BCUT2D eigenvalue weighted by Crippen LogP contribution is -1.84. The average molecular weight is 289 g/mol. The summed E-state index contributed by atoms with van der Waals surface area (Å²) in [5, 5.41) is 10.2. The molecule has 0 aliphatic carbocycles. The van der Waals surface area contributed by atoms with Crippen molar-refractivity contribution in [1.29, 1.82) is 5.26 Å². The molecule has 0 amide bonds. The summed E-state index contributed by atoms with van der Waals surface area (Å²) in [6, 6.07) is 17.7. The molecule has 0 N–H and O–H groups in total. The van der Waals surface area contributed by atoms with Gasteiger partial charge in [-0.1, -0.05) is 36.4 Å². The first-order valence-electron chi connectivity index (χ1n) is 6.41. The number of nitrogens with zero attached hydrogens (tertiary/aromatic N) is 3. The average Bonchev–Trinajstić information content (AvgIpc) is 3.03. The second-order valence-electron chi connectivity index (χ2n) is 4.32. The third-order valence-electron chi connectivity index (χ3n) is 2.89. The van der Waals surface area contributed by atoms with E-state index >= 15 is 0 Å². The minimum absolute atomic E-state index is 0.541. The summed E-state index contributed by atoms with van der Waals surface area (Å²) in [6.07, 6.45) is 5.29. The van der Waals surface area contributed by atoms with Gasteiger partial charge in [0.2, 0.25) is 0 Å². The van der Waals surface area contributed by atoms with Gasteiger partial charge in [0.25, 0.3) is 0 Å². The van der Waals surface area contributed by atoms with E-state index in [9.17, 15) is 5.26 Å². The number of thiazole rings is 1. The van der Waals surface area contributed by atoms with E-state index in [0.717, 1.165) is 15.4 Å². The van der Waals surface area contributed by atoms with Crippen LogP contribution in [0.5, 0.6) is 0 Å². The molecule has 2 aromatic heterocycles. The summed E-state index contributed by atoms with van der Waals surface area (Å²) < 4.78 is 0. The molecule has 3 nitrogen and oxygen atoms in total. The predicted octanol–water partition coefficient (Wildman–Crippen LogP) is 4.27. The van der Waals surface area contributed by atoms with Gasteiger partial charge in [-0.3, -0.25) is 4.98 Å². The Balaban J connectivity index is 1.93. The molecular weight excluding hydrogens is 278 g/mol. The van der Waals surface area contributed by atoms with E-state index in [1.165, 1.54) is 0 Å². The van der Waals surface area contributed by atoms with Crippen molar-refractivity contribution in [3.63, 3.8) is 0 Å². The third-order valence-corrected chi connectivity index (χ3v) is 3.89. The van der Waals surface area contributed by atoms with Crippen LogP contribution in [0.4, 0.5) is 0 Å². The minimum atomic E-state index is 0.541. The van der Waals surface area contributed by atoms with E-state index in [4.69, 9.17) is 0 Å². The maximum absolute atomic E-state index is 9.29. The van der Waals surface area contributed by atoms with Gasteiger partial charge in [-0.05, 0) is 18.2 Å². The van der Waals surface area contributed by atoms with Crippen LogP contribution in [0.2, 0.25) is 0 Å². The fraction of sp³-hybridized carbons (Fsp3) is 0. The molecule has 0 unspecified atom stereocenters. The molecule has 21 heavy (non-hydrogen) atoms. The lowest BCUT2D eigenvalue weighted by atomic mass is 10.2. The highest BCUT2D eigenvalue weighted by Gasteiger charge is 2.06. The van der Waals surface area contributed by atoms with Gasteiger partial charge in [-0.15, -0.1) is 11.3 Å². The molecular formula is C17H11N3S. The summed E-state index contributed by atoms with van der Waals surface area (Å²) in [4.78, 5) is 9.56. The Morgan fingerprint density at radius 3 is 2.57 bits per heavy atom. The Labute approximate surface area is 126 Å². The van der Waals surface area contributed by atoms with Gasteiger partial charge in [0.05, 0.1) is 11.3 Å². The van der Waals surface area contributed by atoms with Crippen molar-refractivity contribution in [2.45, 2.75) is 0 Å². The molecule has 0 radical (unpaired) electrons. The highest BCUT2D eigenvalue weighted by atomic mass is 32.1. The highest BCUT2D eigenvalue weighted by Crippen LogP contribution is 2.27. The fourth-order valence-corrected chi connectivity index (χ4v) is 2.76. The number of benzene rings is 1. The first-order chi connectivity index (χ1) is 10.4. The summed E-state index contributed by atoms with van der Waals surface area (Å²) in [5.41, 5.74) is 2.30. The summed E-state index contributed by atoms with van der Waals surface area (Å²) >= 11 is 1.56. The molecule has 0 atom stereocenters. The third kappa shape index (κ3) is 3.04. The molecule has 0 bridgehead atoms. The SMILES string of the molecule is N#C/C(=C\c1cnc(-c2ccccc2)s1)c1ccccn1. The molecule has 3 rings (SSSR count). The minimum Gasteiger partial charge on any atom is -0.256 e. The number of pyridine rings is 1. The van der Waals surface area contributed by atoms with Crippen molar-refractivity contribution in [1.82, 2.24) is 9.97 Å². The van der Waals surface area contributed by atoms with Crippen molar-refractivity contribution in [2.24, 2.45) is 0 Å². The van der Waals surface area contributed by atoms with Crippen LogP contribution >= 0.6 is 11.3 Å². The molecule has 0 saturated heterocycles. The van der Waals surface area contributed by atoms with E-state index in [1.807, 2.05) is 54.6 Å². The first kappa shape index (κ1) is 13.2. The second kappa shape index (κ2) is 6.12. The van der Waals surface area contributed by atoms with Gasteiger partial charge in [-0.25, -0.2) is 4.98 Å². The molecule has 0 aliphatic heterocycles.